The Labute approximate surface area is 154 Å². The van der Waals surface area contributed by atoms with E-state index in [1.807, 2.05) is 50.2 Å². The first kappa shape index (κ1) is 19.5. The molecule has 0 heterocycles. The van der Waals surface area contributed by atoms with E-state index in [0.717, 1.165) is 16.7 Å². The lowest BCUT2D eigenvalue weighted by Gasteiger charge is -2.12. The molecule has 1 N–H and O–H groups in total. The minimum absolute atomic E-state index is 0.236. The number of rotatable bonds is 7. The molecule has 138 valence electrons. The smallest absolute Gasteiger partial charge is 0.344 e. The van der Waals surface area contributed by atoms with E-state index in [0.29, 0.717) is 17.4 Å². The number of carbonyl (C=O) groups is 2. The molecular formula is C21H25NO4. The van der Waals surface area contributed by atoms with Gasteiger partial charge in [-0.15, -0.1) is 0 Å². The highest BCUT2D eigenvalue weighted by Gasteiger charge is 2.11. The minimum Gasteiger partial charge on any atom is -0.482 e. The normalized spacial score (nSPS) is 10.5. The molecule has 0 spiro atoms. The standard InChI is InChI=1S/C21H25NO4/c1-14(2)17-9-8-16(4)19(11-17)25-13-21(24)26-12-20(23)22-18-7-5-6-15(3)10-18/h5-11,14H,12-13H2,1-4H3,(H,22,23). The number of anilines is 1. The summed E-state index contributed by atoms with van der Waals surface area (Å²) in [5.74, 6) is 0.0493. The van der Waals surface area contributed by atoms with Crippen LogP contribution in [0, 0.1) is 13.8 Å². The number of amides is 1. The van der Waals surface area contributed by atoms with Gasteiger partial charge in [0.15, 0.2) is 13.2 Å². The van der Waals surface area contributed by atoms with Crippen molar-refractivity contribution in [1.82, 2.24) is 0 Å². The van der Waals surface area contributed by atoms with Crippen LogP contribution in [0.2, 0.25) is 0 Å². The average molecular weight is 355 g/mol. The molecule has 0 aliphatic rings. The zero-order valence-electron chi connectivity index (χ0n) is 15.7. The molecule has 2 aromatic rings. The summed E-state index contributed by atoms with van der Waals surface area (Å²) in [6.07, 6.45) is 0. The molecule has 2 rings (SSSR count). The number of hydrogen-bond acceptors (Lipinski definition) is 4. The Morgan fingerprint density at radius 2 is 1.81 bits per heavy atom. The molecule has 0 saturated carbocycles. The van der Waals surface area contributed by atoms with E-state index in [9.17, 15) is 9.59 Å². The number of benzene rings is 2. The lowest BCUT2D eigenvalue weighted by Crippen LogP contribution is -2.23. The Hall–Kier alpha value is -2.82. The van der Waals surface area contributed by atoms with Crippen LogP contribution in [0.3, 0.4) is 0 Å². The van der Waals surface area contributed by atoms with Crippen molar-refractivity contribution < 1.29 is 19.1 Å². The van der Waals surface area contributed by atoms with Crippen molar-refractivity contribution >= 4 is 17.6 Å². The molecule has 0 aliphatic heterocycles. The molecule has 5 nitrogen and oxygen atoms in total. The van der Waals surface area contributed by atoms with Crippen LogP contribution in [-0.2, 0) is 14.3 Å². The molecule has 0 fully saturated rings. The molecule has 2 aromatic carbocycles. The number of aryl methyl sites for hydroxylation is 2. The van der Waals surface area contributed by atoms with Gasteiger partial charge in [-0.3, -0.25) is 4.79 Å². The summed E-state index contributed by atoms with van der Waals surface area (Å²) in [5, 5.41) is 2.68. The first-order valence-corrected chi connectivity index (χ1v) is 8.60. The molecule has 0 aliphatic carbocycles. The van der Waals surface area contributed by atoms with Crippen molar-refractivity contribution in [3.63, 3.8) is 0 Å². The van der Waals surface area contributed by atoms with E-state index in [2.05, 4.69) is 19.2 Å². The molecule has 0 bridgehead atoms. The Bertz CT molecular complexity index is 783. The predicted molar refractivity (Wildman–Crippen MR) is 102 cm³/mol. The van der Waals surface area contributed by atoms with E-state index >= 15 is 0 Å². The highest BCUT2D eigenvalue weighted by molar-refractivity contribution is 5.92. The first-order valence-electron chi connectivity index (χ1n) is 8.60. The highest BCUT2D eigenvalue weighted by Crippen LogP contribution is 2.24. The second kappa shape index (κ2) is 9.04. The van der Waals surface area contributed by atoms with Crippen molar-refractivity contribution in [1.29, 1.82) is 0 Å². The fraction of sp³-hybridized carbons (Fsp3) is 0.333. The Morgan fingerprint density at radius 3 is 2.50 bits per heavy atom. The number of nitrogens with one attached hydrogen (secondary N) is 1. The Balaban J connectivity index is 1.80. The number of hydrogen-bond donors (Lipinski definition) is 1. The monoisotopic (exact) mass is 355 g/mol. The van der Waals surface area contributed by atoms with Crippen LogP contribution in [0.4, 0.5) is 5.69 Å². The van der Waals surface area contributed by atoms with Crippen molar-refractivity contribution in [2.75, 3.05) is 18.5 Å². The minimum atomic E-state index is -0.584. The second-order valence-electron chi connectivity index (χ2n) is 6.55. The third kappa shape index (κ3) is 5.92. The van der Waals surface area contributed by atoms with Gasteiger partial charge in [0.1, 0.15) is 5.75 Å². The van der Waals surface area contributed by atoms with Crippen LogP contribution >= 0.6 is 0 Å². The molecule has 0 saturated heterocycles. The van der Waals surface area contributed by atoms with Crippen LogP contribution in [0.5, 0.6) is 5.75 Å². The van der Waals surface area contributed by atoms with Gasteiger partial charge < -0.3 is 14.8 Å². The van der Waals surface area contributed by atoms with Gasteiger partial charge in [-0.25, -0.2) is 4.79 Å². The largest absolute Gasteiger partial charge is 0.482 e. The van der Waals surface area contributed by atoms with Gasteiger partial charge in [0, 0.05) is 5.69 Å². The van der Waals surface area contributed by atoms with Crippen molar-refractivity contribution in [2.24, 2.45) is 0 Å². The summed E-state index contributed by atoms with van der Waals surface area (Å²) in [6.45, 7) is 7.45. The lowest BCUT2D eigenvalue weighted by molar-refractivity contribution is -0.149. The van der Waals surface area contributed by atoms with Gasteiger partial charge in [0.25, 0.3) is 5.91 Å². The quantitative estimate of drug-likeness (QED) is 0.763. The van der Waals surface area contributed by atoms with Gasteiger partial charge in [-0.2, -0.15) is 0 Å². The number of carbonyl (C=O) groups excluding carboxylic acids is 2. The maximum Gasteiger partial charge on any atom is 0.344 e. The van der Waals surface area contributed by atoms with Gasteiger partial charge in [-0.05, 0) is 54.7 Å². The molecule has 0 radical (unpaired) electrons. The lowest BCUT2D eigenvalue weighted by atomic mass is 10.0. The molecule has 0 unspecified atom stereocenters. The zero-order chi connectivity index (χ0) is 19.1. The summed E-state index contributed by atoms with van der Waals surface area (Å²) < 4.78 is 10.5. The van der Waals surface area contributed by atoms with Gasteiger partial charge in [0.05, 0.1) is 0 Å². The van der Waals surface area contributed by atoms with E-state index < -0.39 is 5.97 Å². The second-order valence-corrected chi connectivity index (χ2v) is 6.55. The molecule has 26 heavy (non-hydrogen) atoms. The topological polar surface area (TPSA) is 64.6 Å². The fourth-order valence-electron chi connectivity index (χ4n) is 2.38. The Morgan fingerprint density at radius 1 is 1.04 bits per heavy atom. The van der Waals surface area contributed by atoms with Crippen LogP contribution in [0.15, 0.2) is 42.5 Å². The van der Waals surface area contributed by atoms with Crippen LogP contribution in [0.25, 0.3) is 0 Å². The van der Waals surface area contributed by atoms with Crippen molar-refractivity contribution in [3.8, 4) is 5.75 Å². The van der Waals surface area contributed by atoms with Crippen LogP contribution in [-0.4, -0.2) is 25.1 Å². The van der Waals surface area contributed by atoms with E-state index in [1.54, 1.807) is 6.07 Å². The van der Waals surface area contributed by atoms with Gasteiger partial charge in [0.2, 0.25) is 0 Å². The van der Waals surface area contributed by atoms with E-state index in [-0.39, 0.29) is 19.1 Å². The maximum absolute atomic E-state index is 11.8. The van der Waals surface area contributed by atoms with Crippen LogP contribution in [0.1, 0.15) is 36.5 Å². The average Bonchev–Trinajstić information content (AvgIpc) is 2.59. The van der Waals surface area contributed by atoms with E-state index in [4.69, 9.17) is 9.47 Å². The molecule has 5 heteroatoms. The van der Waals surface area contributed by atoms with Gasteiger partial charge in [-0.1, -0.05) is 38.1 Å². The molecule has 1 amide bonds. The number of ether oxygens (including phenoxy) is 2. The summed E-state index contributed by atoms with van der Waals surface area (Å²) in [4.78, 5) is 23.7. The van der Waals surface area contributed by atoms with Crippen molar-refractivity contribution in [2.45, 2.75) is 33.6 Å². The Kier molecular flexibility index (Phi) is 6.78. The summed E-state index contributed by atoms with van der Waals surface area (Å²) in [5.41, 5.74) is 3.78. The zero-order valence-corrected chi connectivity index (χ0v) is 15.7. The highest BCUT2D eigenvalue weighted by atomic mass is 16.6. The van der Waals surface area contributed by atoms with Gasteiger partial charge >= 0.3 is 5.97 Å². The summed E-state index contributed by atoms with van der Waals surface area (Å²) >= 11 is 0. The third-order valence-electron chi connectivity index (χ3n) is 3.89. The maximum atomic E-state index is 11.8. The van der Waals surface area contributed by atoms with E-state index in [1.165, 1.54) is 0 Å². The first-order chi connectivity index (χ1) is 12.3. The summed E-state index contributed by atoms with van der Waals surface area (Å²) in [7, 11) is 0. The SMILES string of the molecule is Cc1cccc(NC(=O)COC(=O)COc2cc(C(C)C)ccc2C)c1. The predicted octanol–water partition coefficient (Wildman–Crippen LogP) is 3.99. The molecule has 0 atom stereocenters. The summed E-state index contributed by atoms with van der Waals surface area (Å²) in [6, 6.07) is 13.3. The molecule has 0 aromatic heterocycles. The third-order valence-corrected chi connectivity index (χ3v) is 3.89. The molecular weight excluding hydrogens is 330 g/mol. The fourth-order valence-corrected chi connectivity index (χ4v) is 2.38. The van der Waals surface area contributed by atoms with Crippen molar-refractivity contribution in [3.05, 3.63) is 59.2 Å². The number of esters is 1. The van der Waals surface area contributed by atoms with Crippen LogP contribution < -0.4 is 10.1 Å².